The highest BCUT2D eigenvalue weighted by molar-refractivity contribution is 6.45. The van der Waals surface area contributed by atoms with Crippen LogP contribution in [0, 0.1) is 12.3 Å². The van der Waals surface area contributed by atoms with Gasteiger partial charge in [-0.3, -0.25) is 15.0 Å². The summed E-state index contributed by atoms with van der Waals surface area (Å²) < 4.78 is 13.5. The molecule has 0 aliphatic rings. The lowest BCUT2D eigenvalue weighted by Crippen LogP contribution is -2.19. The number of aliphatic carboxylic acids is 1. The highest BCUT2D eigenvalue weighted by Crippen LogP contribution is 2.30. The number of carbonyl (C=O) groups excluding carboxylic acids is 1. The smallest absolute Gasteiger partial charge is 0.322 e. The third-order valence-electron chi connectivity index (χ3n) is 3.52. The summed E-state index contributed by atoms with van der Waals surface area (Å²) in [6.45, 7) is 1.60. The summed E-state index contributed by atoms with van der Waals surface area (Å²) in [5.74, 6) is -1.08. The molecule has 8 heteroatoms. The Morgan fingerprint density at radius 1 is 1.24 bits per heavy atom. The Morgan fingerprint density at radius 3 is 2.40 bits per heavy atom. The fourth-order valence-electron chi connectivity index (χ4n) is 2.28. The maximum atomic E-state index is 13.5. The van der Waals surface area contributed by atoms with Gasteiger partial charge in [-0.05, 0) is 24.6 Å². The lowest BCUT2D eigenvalue weighted by Gasteiger charge is -2.16. The van der Waals surface area contributed by atoms with Crippen molar-refractivity contribution in [1.82, 2.24) is 9.97 Å². The van der Waals surface area contributed by atoms with Crippen molar-refractivity contribution in [3.05, 3.63) is 41.5 Å². The number of anilines is 1. The number of hydrogen-bond acceptors (Lipinski definition) is 6. The van der Waals surface area contributed by atoms with Gasteiger partial charge in [-0.2, -0.15) is 0 Å². The predicted octanol–water partition coefficient (Wildman–Crippen LogP) is 2.37. The number of ketones is 1. The second-order valence-corrected chi connectivity index (χ2v) is 5.39. The molecule has 0 saturated carbocycles. The normalized spacial score (nSPS) is 10.4. The van der Waals surface area contributed by atoms with Crippen molar-refractivity contribution in [3.63, 3.8) is 0 Å². The second-order valence-electron chi connectivity index (χ2n) is 5.39. The summed E-state index contributed by atoms with van der Waals surface area (Å²) in [7, 11) is 0. The van der Waals surface area contributed by atoms with Crippen LogP contribution in [0.15, 0.2) is 24.5 Å². The number of rotatable bonds is 7. The van der Waals surface area contributed by atoms with Crippen molar-refractivity contribution in [2.45, 2.75) is 20.5 Å². The van der Waals surface area contributed by atoms with Crippen LogP contribution >= 0.6 is 0 Å². The van der Waals surface area contributed by atoms with Gasteiger partial charge >= 0.3 is 5.97 Å². The molecular formula is C17H17FN4O3. The molecule has 2 rings (SSSR count). The fraction of sp³-hybridized carbons (Fsp3) is 0.235. The van der Waals surface area contributed by atoms with Crippen LogP contribution in [-0.2, 0) is 16.3 Å². The lowest BCUT2D eigenvalue weighted by atomic mass is 9.95. The first-order chi connectivity index (χ1) is 11.8. The first-order valence-electron chi connectivity index (χ1n) is 7.41. The number of halogens is 1. The van der Waals surface area contributed by atoms with Crippen molar-refractivity contribution >= 4 is 23.2 Å². The Kier molecular flexibility index (Phi) is 5.53. The molecule has 1 heterocycles. The number of nitrogens with one attached hydrogen (secondary N) is 2. The average molecular weight is 344 g/mol. The van der Waals surface area contributed by atoms with E-state index < -0.39 is 25.0 Å². The van der Waals surface area contributed by atoms with E-state index in [1.165, 1.54) is 19.1 Å². The number of benzene rings is 1. The molecule has 1 aromatic carbocycles. The molecule has 7 nitrogen and oxygen atoms in total. The van der Waals surface area contributed by atoms with Crippen LogP contribution in [0.4, 0.5) is 10.1 Å². The first-order valence-corrected chi connectivity index (χ1v) is 7.41. The number of Topliss-reactive ketones (excluding diaryl/α,β-unsaturated/α-hetero) is 1. The summed E-state index contributed by atoms with van der Waals surface area (Å²) >= 11 is 0. The van der Waals surface area contributed by atoms with Crippen molar-refractivity contribution < 1.29 is 19.1 Å². The largest absolute Gasteiger partial charge is 0.480 e. The Balaban J connectivity index is 2.62. The minimum absolute atomic E-state index is 0.127. The zero-order valence-corrected chi connectivity index (χ0v) is 13.8. The summed E-state index contributed by atoms with van der Waals surface area (Å²) in [5, 5.41) is 19.4. The number of carboxylic acid groups (broad SMARTS) is 1. The molecule has 25 heavy (non-hydrogen) atoms. The van der Waals surface area contributed by atoms with Gasteiger partial charge < -0.3 is 10.4 Å². The summed E-state index contributed by atoms with van der Waals surface area (Å²) in [6.07, 6.45) is 3.12. The molecule has 0 radical (unpaired) electrons. The first kappa shape index (κ1) is 18.2. The van der Waals surface area contributed by atoms with Crippen molar-refractivity contribution in [3.8, 4) is 11.1 Å². The van der Waals surface area contributed by atoms with E-state index in [9.17, 15) is 14.0 Å². The molecule has 0 amide bonds. The molecule has 0 fully saturated rings. The zero-order chi connectivity index (χ0) is 18.6. The Bertz CT molecular complexity index is 835. The molecule has 0 unspecified atom stereocenters. The van der Waals surface area contributed by atoms with Crippen LogP contribution in [0.2, 0.25) is 0 Å². The summed E-state index contributed by atoms with van der Waals surface area (Å²) in [4.78, 5) is 30.6. The average Bonchev–Trinajstić information content (AvgIpc) is 2.59. The van der Waals surface area contributed by atoms with Crippen LogP contribution in [-0.4, -0.2) is 39.1 Å². The minimum Gasteiger partial charge on any atom is -0.480 e. The van der Waals surface area contributed by atoms with Gasteiger partial charge in [0.05, 0.1) is 5.69 Å². The molecule has 0 atom stereocenters. The van der Waals surface area contributed by atoms with Gasteiger partial charge in [-0.25, -0.2) is 14.4 Å². The summed E-state index contributed by atoms with van der Waals surface area (Å²) in [5.41, 5.74) is 1.22. The molecule has 0 bridgehead atoms. The molecule has 130 valence electrons. The molecule has 3 N–H and O–H groups in total. The van der Waals surface area contributed by atoms with Gasteiger partial charge in [0.2, 0.25) is 0 Å². The molecule has 0 spiro atoms. The van der Waals surface area contributed by atoms with Crippen LogP contribution in [0.25, 0.3) is 11.1 Å². The molecular weight excluding hydrogens is 327 g/mol. The van der Waals surface area contributed by atoms with E-state index in [1.807, 2.05) is 0 Å². The van der Waals surface area contributed by atoms with Gasteiger partial charge in [0.15, 0.2) is 5.78 Å². The van der Waals surface area contributed by atoms with Crippen LogP contribution < -0.4 is 5.32 Å². The number of aromatic nitrogens is 2. The molecule has 0 aliphatic heterocycles. The van der Waals surface area contributed by atoms with E-state index in [4.69, 9.17) is 10.5 Å². The predicted molar refractivity (Wildman–Crippen MR) is 90.7 cm³/mol. The molecule has 0 saturated heterocycles. The second kappa shape index (κ2) is 7.61. The minimum atomic E-state index is -1.14. The number of carboxylic acids is 1. The van der Waals surface area contributed by atoms with E-state index in [1.54, 1.807) is 19.3 Å². The number of aryl methyl sites for hydroxylation is 1. The Morgan fingerprint density at radius 2 is 1.88 bits per heavy atom. The van der Waals surface area contributed by atoms with Crippen LogP contribution in [0.5, 0.6) is 0 Å². The van der Waals surface area contributed by atoms with E-state index in [-0.39, 0.29) is 22.5 Å². The quantitative estimate of drug-likeness (QED) is 0.664. The van der Waals surface area contributed by atoms with Gasteiger partial charge in [-0.1, -0.05) is 0 Å². The third-order valence-corrected chi connectivity index (χ3v) is 3.52. The van der Waals surface area contributed by atoms with Crippen molar-refractivity contribution in [2.24, 2.45) is 0 Å². The number of alkyl halides is 1. The van der Waals surface area contributed by atoms with Gasteiger partial charge in [0.1, 0.15) is 24.8 Å². The monoisotopic (exact) mass is 344 g/mol. The fourth-order valence-corrected chi connectivity index (χ4v) is 2.28. The standard InChI is InChI=1S/C17H17FN4O3/c1-9(23)16(19)14-4-11(13-6-20-10(2)21-7-13)3-12(5-18)17(14)22-8-15(24)25/h3-4,6-7,19,22H,5,8H2,1-2H3,(H,24,25). The number of carbonyl (C=O) groups is 2. The topological polar surface area (TPSA) is 116 Å². The van der Waals surface area contributed by atoms with E-state index in [0.29, 0.717) is 17.0 Å². The number of nitrogens with zero attached hydrogens (tertiary/aromatic N) is 2. The highest BCUT2D eigenvalue weighted by Gasteiger charge is 2.18. The molecule has 2 aromatic rings. The SMILES string of the molecule is CC(=O)C(=N)c1cc(-c2cnc(C)nc2)cc(CF)c1NCC(=O)O. The van der Waals surface area contributed by atoms with E-state index >= 15 is 0 Å². The number of hydrogen-bond donors (Lipinski definition) is 3. The van der Waals surface area contributed by atoms with Crippen molar-refractivity contribution in [1.29, 1.82) is 5.41 Å². The maximum Gasteiger partial charge on any atom is 0.322 e. The summed E-state index contributed by atoms with van der Waals surface area (Å²) in [6, 6.07) is 3.05. The zero-order valence-electron chi connectivity index (χ0n) is 13.8. The van der Waals surface area contributed by atoms with Gasteiger partial charge in [0.25, 0.3) is 0 Å². The van der Waals surface area contributed by atoms with Crippen LogP contribution in [0.3, 0.4) is 0 Å². The van der Waals surface area contributed by atoms with E-state index in [2.05, 4.69) is 15.3 Å². The maximum absolute atomic E-state index is 13.5. The van der Waals surface area contributed by atoms with Crippen LogP contribution in [0.1, 0.15) is 23.9 Å². The Labute approximate surface area is 143 Å². The van der Waals surface area contributed by atoms with Gasteiger partial charge in [-0.15, -0.1) is 0 Å². The lowest BCUT2D eigenvalue weighted by molar-refractivity contribution is -0.134. The molecule has 1 aromatic heterocycles. The highest BCUT2D eigenvalue weighted by atomic mass is 19.1. The molecule has 0 aliphatic carbocycles. The Hall–Kier alpha value is -3.16. The third kappa shape index (κ3) is 4.23. The van der Waals surface area contributed by atoms with Gasteiger partial charge in [0, 0.05) is 36.0 Å². The van der Waals surface area contributed by atoms with Crippen molar-refractivity contribution in [2.75, 3.05) is 11.9 Å². The van der Waals surface area contributed by atoms with E-state index in [0.717, 1.165) is 0 Å².